The number of nitrogens with two attached hydrogens (primary N) is 1. The molecule has 0 bridgehead atoms. The lowest BCUT2D eigenvalue weighted by atomic mass is 10.1. The average Bonchev–Trinajstić information content (AvgIpc) is 2.18. The molecule has 0 aliphatic heterocycles. The summed E-state index contributed by atoms with van der Waals surface area (Å²) in [5.74, 6) is -1.10. The molecular formula is C10H9ClN2O2. The van der Waals surface area contributed by atoms with Crippen LogP contribution >= 0.6 is 11.6 Å². The summed E-state index contributed by atoms with van der Waals surface area (Å²) < 4.78 is 0. The van der Waals surface area contributed by atoms with E-state index in [-0.39, 0.29) is 12.1 Å². The van der Waals surface area contributed by atoms with Crippen molar-refractivity contribution in [3.63, 3.8) is 0 Å². The van der Waals surface area contributed by atoms with Gasteiger partial charge >= 0.3 is 0 Å². The minimum atomic E-state index is -0.621. The monoisotopic (exact) mass is 224 g/mol. The maximum Gasteiger partial charge on any atom is 0.252 e. The van der Waals surface area contributed by atoms with Gasteiger partial charge in [-0.2, -0.15) is 0 Å². The summed E-state index contributed by atoms with van der Waals surface area (Å²) in [6, 6.07) is 4.51. The highest BCUT2D eigenvalue weighted by Gasteiger charge is 2.09. The van der Waals surface area contributed by atoms with Gasteiger partial charge in [0.1, 0.15) is 0 Å². The molecule has 0 fully saturated rings. The van der Waals surface area contributed by atoms with Crippen LogP contribution in [0.15, 0.2) is 18.2 Å². The lowest BCUT2D eigenvalue weighted by Gasteiger charge is -2.06. The van der Waals surface area contributed by atoms with Crippen LogP contribution < -0.4 is 11.1 Å². The minimum absolute atomic E-state index is 0.226. The number of carbonyl (C=O) groups is 2. The van der Waals surface area contributed by atoms with Crippen molar-refractivity contribution < 1.29 is 9.59 Å². The second-order valence-corrected chi connectivity index (χ2v) is 3.32. The molecule has 0 saturated carbocycles. The van der Waals surface area contributed by atoms with Gasteiger partial charge in [0.05, 0.1) is 6.54 Å². The van der Waals surface area contributed by atoms with Gasteiger partial charge in [0, 0.05) is 10.6 Å². The van der Waals surface area contributed by atoms with E-state index in [0.717, 1.165) is 0 Å². The van der Waals surface area contributed by atoms with E-state index in [2.05, 4.69) is 5.32 Å². The molecule has 1 aromatic rings. The van der Waals surface area contributed by atoms with Gasteiger partial charge < -0.3 is 11.1 Å². The lowest BCUT2D eigenvalue weighted by molar-refractivity contribution is -0.117. The van der Waals surface area contributed by atoms with Crippen LogP contribution in [0.25, 0.3) is 0 Å². The van der Waals surface area contributed by atoms with Gasteiger partial charge in [-0.1, -0.05) is 17.7 Å². The van der Waals surface area contributed by atoms with E-state index in [1.54, 1.807) is 6.07 Å². The van der Waals surface area contributed by atoms with Crippen LogP contribution in [0.1, 0.15) is 15.9 Å². The van der Waals surface area contributed by atoms with Crippen LogP contribution in [0.2, 0.25) is 5.02 Å². The minimum Gasteiger partial charge on any atom is -0.368 e. The normalized spacial score (nSPS) is 9.73. The highest BCUT2D eigenvalue weighted by atomic mass is 35.5. The molecule has 1 aromatic carbocycles. The number of nitrogens with one attached hydrogen (secondary N) is 1. The molecule has 2 amide bonds. The maximum absolute atomic E-state index is 11.5. The first kappa shape index (κ1) is 11.5. The largest absolute Gasteiger partial charge is 0.368 e. The molecule has 2 radical (unpaired) electrons. The highest BCUT2D eigenvalue weighted by Crippen LogP contribution is 2.14. The molecule has 78 valence electrons. The van der Waals surface area contributed by atoms with E-state index in [1.807, 2.05) is 0 Å². The number of rotatable bonds is 3. The number of primary amides is 1. The third kappa shape index (κ3) is 3.25. The second kappa shape index (κ2) is 4.79. The van der Waals surface area contributed by atoms with Gasteiger partial charge in [0.2, 0.25) is 5.91 Å². The number of hydrogen-bond donors (Lipinski definition) is 2. The Morgan fingerprint density at radius 3 is 2.73 bits per heavy atom. The molecular weight excluding hydrogens is 216 g/mol. The van der Waals surface area contributed by atoms with Gasteiger partial charge in [-0.15, -0.1) is 0 Å². The zero-order chi connectivity index (χ0) is 11.4. The van der Waals surface area contributed by atoms with Crippen molar-refractivity contribution in [2.45, 2.75) is 0 Å². The fraction of sp³-hybridized carbons (Fsp3) is 0.100. The lowest BCUT2D eigenvalue weighted by Crippen LogP contribution is -2.33. The van der Waals surface area contributed by atoms with Crippen LogP contribution in [-0.4, -0.2) is 18.4 Å². The van der Waals surface area contributed by atoms with E-state index in [4.69, 9.17) is 24.3 Å². The van der Waals surface area contributed by atoms with Gasteiger partial charge in [0.15, 0.2) is 0 Å². The van der Waals surface area contributed by atoms with Crippen molar-refractivity contribution in [1.82, 2.24) is 5.32 Å². The van der Waals surface area contributed by atoms with Crippen molar-refractivity contribution in [3.8, 4) is 0 Å². The summed E-state index contributed by atoms with van der Waals surface area (Å²) in [7, 11) is 0. The number of benzene rings is 1. The van der Waals surface area contributed by atoms with E-state index < -0.39 is 11.8 Å². The summed E-state index contributed by atoms with van der Waals surface area (Å²) in [6.45, 7) is 5.33. The second-order valence-electron chi connectivity index (χ2n) is 2.88. The van der Waals surface area contributed by atoms with Crippen molar-refractivity contribution >= 4 is 23.4 Å². The molecule has 5 heteroatoms. The molecule has 0 atom stereocenters. The first-order valence-electron chi connectivity index (χ1n) is 4.12. The standard InChI is InChI=1S/C10H9ClN2O2/c1-6-2-3-7(11)4-8(6)10(15)13-5-9(12)14/h1-4H,5H2,(H2,12,14)(H,13,15). The van der Waals surface area contributed by atoms with Crippen molar-refractivity contribution in [2.24, 2.45) is 5.73 Å². The van der Waals surface area contributed by atoms with E-state index in [1.165, 1.54) is 12.1 Å². The molecule has 0 aliphatic carbocycles. The molecule has 3 N–H and O–H groups in total. The molecule has 15 heavy (non-hydrogen) atoms. The fourth-order valence-electron chi connectivity index (χ4n) is 0.988. The Balaban J connectivity index is 2.81. The number of carbonyl (C=O) groups excluding carboxylic acids is 2. The Labute approximate surface area is 92.4 Å². The Morgan fingerprint density at radius 2 is 2.13 bits per heavy atom. The predicted molar refractivity (Wildman–Crippen MR) is 56.4 cm³/mol. The van der Waals surface area contributed by atoms with Gasteiger partial charge in [-0.25, -0.2) is 0 Å². The molecule has 0 unspecified atom stereocenters. The maximum atomic E-state index is 11.5. The Morgan fingerprint density at radius 1 is 1.47 bits per heavy atom. The average molecular weight is 225 g/mol. The SMILES string of the molecule is [CH]c1ccc(Cl)cc1C(=O)NCC(N)=O. The summed E-state index contributed by atoms with van der Waals surface area (Å²) in [4.78, 5) is 21.9. The van der Waals surface area contributed by atoms with E-state index in [0.29, 0.717) is 10.6 Å². The fourth-order valence-corrected chi connectivity index (χ4v) is 1.16. The van der Waals surface area contributed by atoms with Crippen molar-refractivity contribution in [3.05, 3.63) is 41.3 Å². The Kier molecular flexibility index (Phi) is 3.68. The molecule has 4 nitrogen and oxygen atoms in total. The van der Waals surface area contributed by atoms with Crippen molar-refractivity contribution in [1.29, 1.82) is 0 Å². The Bertz CT molecular complexity index is 404. The predicted octanol–water partition coefficient (Wildman–Crippen LogP) is 0.614. The van der Waals surface area contributed by atoms with Crippen LogP contribution in [0.5, 0.6) is 0 Å². The van der Waals surface area contributed by atoms with Gasteiger partial charge in [-0.3, -0.25) is 9.59 Å². The zero-order valence-corrected chi connectivity index (χ0v) is 8.54. The summed E-state index contributed by atoms with van der Waals surface area (Å²) in [6.07, 6.45) is 0. The molecule has 0 aromatic heterocycles. The number of halogens is 1. The molecule has 0 aliphatic rings. The zero-order valence-electron chi connectivity index (χ0n) is 7.79. The summed E-state index contributed by atoms with van der Waals surface area (Å²) >= 11 is 5.70. The third-order valence-electron chi connectivity index (χ3n) is 1.68. The highest BCUT2D eigenvalue weighted by molar-refractivity contribution is 6.31. The van der Waals surface area contributed by atoms with Crippen LogP contribution in [-0.2, 0) is 4.79 Å². The summed E-state index contributed by atoms with van der Waals surface area (Å²) in [5, 5.41) is 2.71. The Hall–Kier alpha value is -1.55. The van der Waals surface area contributed by atoms with E-state index in [9.17, 15) is 9.59 Å². The van der Waals surface area contributed by atoms with Crippen LogP contribution in [0, 0.1) is 6.92 Å². The van der Waals surface area contributed by atoms with Crippen LogP contribution in [0.3, 0.4) is 0 Å². The van der Waals surface area contributed by atoms with Gasteiger partial charge in [0.25, 0.3) is 5.91 Å². The molecule has 0 heterocycles. The van der Waals surface area contributed by atoms with Gasteiger partial charge in [-0.05, 0) is 24.6 Å². The first-order chi connectivity index (χ1) is 7.00. The number of hydrogen-bond acceptors (Lipinski definition) is 2. The smallest absolute Gasteiger partial charge is 0.252 e. The number of amides is 2. The quantitative estimate of drug-likeness (QED) is 0.790. The topological polar surface area (TPSA) is 72.2 Å². The molecule has 1 rings (SSSR count). The first-order valence-corrected chi connectivity index (χ1v) is 4.50. The summed E-state index contributed by atoms with van der Waals surface area (Å²) in [5.41, 5.74) is 5.39. The van der Waals surface area contributed by atoms with Crippen molar-refractivity contribution in [2.75, 3.05) is 6.54 Å². The van der Waals surface area contributed by atoms with E-state index >= 15 is 0 Å². The third-order valence-corrected chi connectivity index (χ3v) is 1.92. The molecule has 0 spiro atoms. The van der Waals surface area contributed by atoms with Crippen LogP contribution in [0.4, 0.5) is 0 Å². The molecule has 0 saturated heterocycles.